The van der Waals surface area contributed by atoms with E-state index in [0.717, 1.165) is 19.3 Å². The highest BCUT2D eigenvalue weighted by molar-refractivity contribution is 5.06. The molecular weight excluding hydrogens is 150 g/mol. The van der Waals surface area contributed by atoms with Crippen LogP contribution >= 0.6 is 0 Å². The highest BCUT2D eigenvalue weighted by atomic mass is 16.3. The summed E-state index contributed by atoms with van der Waals surface area (Å²) >= 11 is 0. The Labute approximate surface area is 74.1 Å². The molecule has 0 aromatic heterocycles. The molecular formula is C10H19NO. The van der Waals surface area contributed by atoms with Crippen LogP contribution in [-0.4, -0.2) is 16.2 Å². The first kappa shape index (κ1) is 8.52. The third-order valence-electron chi connectivity index (χ3n) is 3.59. The third kappa shape index (κ3) is 1.50. The van der Waals surface area contributed by atoms with Crippen molar-refractivity contribution in [2.45, 2.75) is 56.6 Å². The van der Waals surface area contributed by atoms with Gasteiger partial charge in [0.1, 0.15) is 0 Å². The van der Waals surface area contributed by atoms with Gasteiger partial charge < -0.3 is 10.8 Å². The molecule has 3 N–H and O–H groups in total. The molecule has 0 aromatic rings. The van der Waals surface area contributed by atoms with Crippen LogP contribution in [0.4, 0.5) is 0 Å². The van der Waals surface area contributed by atoms with Gasteiger partial charge >= 0.3 is 0 Å². The van der Waals surface area contributed by atoms with Gasteiger partial charge in [0, 0.05) is 5.54 Å². The van der Waals surface area contributed by atoms with Crippen molar-refractivity contribution in [2.75, 3.05) is 0 Å². The molecule has 2 aliphatic rings. The molecule has 0 aromatic carbocycles. The summed E-state index contributed by atoms with van der Waals surface area (Å²) in [7, 11) is 0. The Morgan fingerprint density at radius 2 is 2.00 bits per heavy atom. The topological polar surface area (TPSA) is 46.2 Å². The Balaban J connectivity index is 1.99. The minimum absolute atomic E-state index is 0.115. The van der Waals surface area contributed by atoms with E-state index in [9.17, 15) is 5.11 Å². The summed E-state index contributed by atoms with van der Waals surface area (Å²) in [6.07, 6.45) is 6.60. The first-order valence-corrected chi connectivity index (χ1v) is 5.03. The molecule has 2 saturated carbocycles. The fraction of sp³-hybridized carbons (Fsp3) is 1.00. The average Bonchev–Trinajstić information content (AvgIpc) is 2.67. The predicted octanol–water partition coefficient (Wildman–Crippen LogP) is 1.42. The Kier molecular flexibility index (Phi) is 1.74. The first-order chi connectivity index (χ1) is 5.52. The van der Waals surface area contributed by atoms with Gasteiger partial charge in [-0.05, 0) is 44.9 Å². The van der Waals surface area contributed by atoms with Crippen molar-refractivity contribution in [1.29, 1.82) is 0 Å². The molecule has 0 saturated heterocycles. The molecule has 2 heteroatoms. The van der Waals surface area contributed by atoms with Crippen molar-refractivity contribution in [1.82, 2.24) is 0 Å². The Morgan fingerprint density at radius 1 is 1.33 bits per heavy atom. The summed E-state index contributed by atoms with van der Waals surface area (Å²) in [6.45, 7) is 1.95. The van der Waals surface area contributed by atoms with Gasteiger partial charge in [0.25, 0.3) is 0 Å². The molecule has 2 rings (SSSR count). The minimum Gasteiger partial charge on any atom is -0.390 e. The zero-order valence-electron chi connectivity index (χ0n) is 7.84. The van der Waals surface area contributed by atoms with Crippen LogP contribution in [0.3, 0.4) is 0 Å². The zero-order valence-corrected chi connectivity index (χ0v) is 7.84. The maximum Gasteiger partial charge on any atom is 0.0623 e. The van der Waals surface area contributed by atoms with E-state index >= 15 is 0 Å². The van der Waals surface area contributed by atoms with Crippen LogP contribution in [0.5, 0.6) is 0 Å². The van der Waals surface area contributed by atoms with Gasteiger partial charge in [-0.1, -0.05) is 6.42 Å². The standard InChI is InChI=1S/C10H19NO/c1-9(12)4-2-3-8(7-9)10(11)5-6-10/h8,12H,2-7,11H2,1H3. The molecule has 2 nitrogen and oxygen atoms in total. The van der Waals surface area contributed by atoms with Gasteiger partial charge in [0.05, 0.1) is 5.60 Å². The van der Waals surface area contributed by atoms with Gasteiger partial charge in [0.15, 0.2) is 0 Å². The predicted molar refractivity (Wildman–Crippen MR) is 48.7 cm³/mol. The van der Waals surface area contributed by atoms with Gasteiger partial charge in [-0.3, -0.25) is 0 Å². The van der Waals surface area contributed by atoms with Gasteiger partial charge in [0.2, 0.25) is 0 Å². The van der Waals surface area contributed by atoms with Crippen molar-refractivity contribution < 1.29 is 5.11 Å². The van der Waals surface area contributed by atoms with E-state index in [0.29, 0.717) is 5.92 Å². The lowest BCUT2D eigenvalue weighted by molar-refractivity contribution is -0.00612. The first-order valence-electron chi connectivity index (χ1n) is 5.03. The van der Waals surface area contributed by atoms with E-state index in [1.165, 1.54) is 19.3 Å². The minimum atomic E-state index is -0.433. The molecule has 0 aliphatic heterocycles. The number of rotatable bonds is 1. The Morgan fingerprint density at radius 3 is 2.50 bits per heavy atom. The van der Waals surface area contributed by atoms with Gasteiger partial charge in [-0.2, -0.15) is 0 Å². The van der Waals surface area contributed by atoms with Crippen molar-refractivity contribution in [2.24, 2.45) is 11.7 Å². The van der Waals surface area contributed by atoms with Crippen molar-refractivity contribution in [3.8, 4) is 0 Å². The highest BCUT2D eigenvalue weighted by Gasteiger charge is 2.48. The highest BCUT2D eigenvalue weighted by Crippen LogP contribution is 2.48. The monoisotopic (exact) mass is 169 g/mol. The summed E-state index contributed by atoms with van der Waals surface area (Å²) in [5.41, 5.74) is 5.81. The summed E-state index contributed by atoms with van der Waals surface area (Å²) in [5, 5.41) is 9.88. The van der Waals surface area contributed by atoms with E-state index in [-0.39, 0.29) is 5.54 Å². The average molecular weight is 169 g/mol. The summed E-state index contributed by atoms with van der Waals surface area (Å²) in [6, 6.07) is 0. The third-order valence-corrected chi connectivity index (χ3v) is 3.59. The van der Waals surface area contributed by atoms with Crippen LogP contribution in [0.15, 0.2) is 0 Å². The summed E-state index contributed by atoms with van der Waals surface area (Å²) in [4.78, 5) is 0. The zero-order chi connectivity index (χ0) is 8.82. The van der Waals surface area contributed by atoms with E-state index < -0.39 is 5.60 Å². The molecule has 0 spiro atoms. The van der Waals surface area contributed by atoms with E-state index in [2.05, 4.69) is 0 Å². The lowest BCUT2D eigenvalue weighted by Gasteiger charge is -2.37. The molecule has 0 bridgehead atoms. The van der Waals surface area contributed by atoms with Gasteiger partial charge in [-0.15, -0.1) is 0 Å². The number of hydrogen-bond acceptors (Lipinski definition) is 2. The maximum atomic E-state index is 9.88. The molecule has 0 heterocycles. The van der Waals surface area contributed by atoms with E-state index in [1.54, 1.807) is 0 Å². The van der Waals surface area contributed by atoms with Crippen LogP contribution < -0.4 is 5.73 Å². The van der Waals surface area contributed by atoms with Crippen molar-refractivity contribution >= 4 is 0 Å². The second kappa shape index (κ2) is 2.46. The molecule has 2 unspecified atom stereocenters. The number of aliphatic hydroxyl groups is 1. The molecule has 2 aliphatic carbocycles. The largest absolute Gasteiger partial charge is 0.390 e. The summed E-state index contributed by atoms with van der Waals surface area (Å²) in [5.74, 6) is 0.584. The van der Waals surface area contributed by atoms with Crippen molar-refractivity contribution in [3.05, 3.63) is 0 Å². The van der Waals surface area contributed by atoms with Crippen molar-refractivity contribution in [3.63, 3.8) is 0 Å². The van der Waals surface area contributed by atoms with E-state index in [4.69, 9.17) is 5.73 Å². The molecule has 2 fully saturated rings. The Bertz CT molecular complexity index is 184. The van der Waals surface area contributed by atoms with E-state index in [1.807, 2.05) is 6.92 Å². The smallest absolute Gasteiger partial charge is 0.0623 e. The number of nitrogens with two attached hydrogens (primary N) is 1. The van der Waals surface area contributed by atoms with Gasteiger partial charge in [-0.25, -0.2) is 0 Å². The quantitative estimate of drug-likeness (QED) is 0.623. The lowest BCUT2D eigenvalue weighted by Crippen LogP contribution is -2.41. The second-order valence-electron chi connectivity index (χ2n) is 5.02. The molecule has 2 atom stereocenters. The van der Waals surface area contributed by atoms with Crippen LogP contribution in [0.25, 0.3) is 0 Å². The Hall–Kier alpha value is -0.0800. The normalized spacial score (nSPS) is 45.8. The van der Waals surface area contributed by atoms with Crippen LogP contribution in [-0.2, 0) is 0 Å². The fourth-order valence-corrected chi connectivity index (χ4v) is 2.51. The van der Waals surface area contributed by atoms with Crippen LogP contribution in [0.2, 0.25) is 0 Å². The lowest BCUT2D eigenvalue weighted by atomic mass is 9.75. The molecule has 70 valence electrons. The molecule has 0 amide bonds. The summed E-state index contributed by atoms with van der Waals surface area (Å²) < 4.78 is 0. The second-order valence-corrected chi connectivity index (χ2v) is 5.02. The fourth-order valence-electron chi connectivity index (χ4n) is 2.51. The maximum absolute atomic E-state index is 9.88. The van der Waals surface area contributed by atoms with Crippen LogP contribution in [0, 0.1) is 5.92 Å². The molecule has 0 radical (unpaired) electrons. The van der Waals surface area contributed by atoms with Crippen LogP contribution in [0.1, 0.15) is 45.4 Å². The number of hydrogen-bond donors (Lipinski definition) is 2. The molecule has 12 heavy (non-hydrogen) atoms. The SMILES string of the molecule is CC1(O)CCCC(C2(N)CC2)C1.